The van der Waals surface area contributed by atoms with Crippen molar-refractivity contribution < 1.29 is 28.8 Å². The summed E-state index contributed by atoms with van der Waals surface area (Å²) >= 11 is 0. The zero-order valence-corrected chi connectivity index (χ0v) is 19.2. The SMILES string of the molecule is CCOC(Cc1ccc(OC(C)C)c(OCc2ccc(Oc3ccccc3)cc2)c1)C(=O)O. The van der Waals surface area contributed by atoms with Gasteiger partial charge in [-0.3, -0.25) is 0 Å². The van der Waals surface area contributed by atoms with Crippen molar-refractivity contribution in [3.8, 4) is 23.0 Å². The molecule has 0 aromatic heterocycles. The summed E-state index contributed by atoms with van der Waals surface area (Å²) in [5.41, 5.74) is 1.77. The van der Waals surface area contributed by atoms with Gasteiger partial charge in [0.25, 0.3) is 0 Å². The second-order valence-corrected chi connectivity index (χ2v) is 7.78. The number of carbonyl (C=O) groups is 1. The number of para-hydroxylation sites is 1. The average Bonchev–Trinajstić information content (AvgIpc) is 2.80. The van der Waals surface area contributed by atoms with Crippen molar-refractivity contribution in [3.05, 3.63) is 83.9 Å². The Labute approximate surface area is 194 Å². The van der Waals surface area contributed by atoms with Gasteiger partial charge in [0.2, 0.25) is 0 Å². The molecule has 6 nitrogen and oxygen atoms in total. The third-order valence-electron chi connectivity index (χ3n) is 4.73. The van der Waals surface area contributed by atoms with Crippen molar-refractivity contribution in [2.45, 2.75) is 46.0 Å². The first-order valence-electron chi connectivity index (χ1n) is 11.0. The number of rotatable bonds is 12. The third-order valence-corrected chi connectivity index (χ3v) is 4.73. The summed E-state index contributed by atoms with van der Waals surface area (Å²) in [4.78, 5) is 11.5. The van der Waals surface area contributed by atoms with Gasteiger partial charge < -0.3 is 24.1 Å². The fourth-order valence-electron chi connectivity index (χ4n) is 3.22. The van der Waals surface area contributed by atoms with Crippen LogP contribution in [0.2, 0.25) is 0 Å². The van der Waals surface area contributed by atoms with Gasteiger partial charge in [-0.25, -0.2) is 4.79 Å². The maximum Gasteiger partial charge on any atom is 0.333 e. The molecule has 0 bridgehead atoms. The quantitative estimate of drug-likeness (QED) is 0.372. The molecule has 0 aliphatic rings. The molecule has 174 valence electrons. The Kier molecular flexibility index (Phi) is 8.72. The van der Waals surface area contributed by atoms with E-state index in [2.05, 4.69) is 0 Å². The monoisotopic (exact) mass is 450 g/mol. The number of carboxylic acid groups (broad SMARTS) is 1. The Bertz CT molecular complexity index is 1010. The molecule has 1 atom stereocenters. The minimum atomic E-state index is -0.986. The minimum absolute atomic E-state index is 0.0252. The van der Waals surface area contributed by atoms with Gasteiger partial charge in [0.15, 0.2) is 17.6 Å². The van der Waals surface area contributed by atoms with E-state index in [-0.39, 0.29) is 12.5 Å². The van der Waals surface area contributed by atoms with E-state index in [0.717, 1.165) is 22.6 Å². The van der Waals surface area contributed by atoms with Crippen molar-refractivity contribution in [1.29, 1.82) is 0 Å². The first kappa shape index (κ1) is 24.1. The molecule has 0 radical (unpaired) electrons. The van der Waals surface area contributed by atoms with Crippen LogP contribution in [0.3, 0.4) is 0 Å². The fourth-order valence-corrected chi connectivity index (χ4v) is 3.22. The van der Waals surface area contributed by atoms with Crippen LogP contribution in [-0.4, -0.2) is 29.9 Å². The highest BCUT2D eigenvalue weighted by atomic mass is 16.5. The second kappa shape index (κ2) is 11.9. The number of hydrogen-bond donors (Lipinski definition) is 1. The molecule has 0 fully saturated rings. The lowest BCUT2D eigenvalue weighted by atomic mass is 10.1. The predicted octanol–water partition coefficient (Wildman–Crippen LogP) is 5.88. The molecule has 3 aromatic rings. The van der Waals surface area contributed by atoms with E-state index in [4.69, 9.17) is 18.9 Å². The largest absolute Gasteiger partial charge is 0.487 e. The molecule has 0 heterocycles. The molecule has 3 rings (SSSR count). The van der Waals surface area contributed by atoms with Crippen molar-refractivity contribution in [3.63, 3.8) is 0 Å². The third kappa shape index (κ3) is 7.54. The summed E-state index contributed by atoms with van der Waals surface area (Å²) in [5, 5.41) is 9.38. The summed E-state index contributed by atoms with van der Waals surface area (Å²) in [6, 6.07) is 22.8. The van der Waals surface area contributed by atoms with Crippen LogP contribution < -0.4 is 14.2 Å². The van der Waals surface area contributed by atoms with E-state index in [1.54, 1.807) is 6.92 Å². The number of ether oxygens (including phenoxy) is 4. The van der Waals surface area contributed by atoms with Gasteiger partial charge in [0.1, 0.15) is 18.1 Å². The van der Waals surface area contributed by atoms with E-state index in [9.17, 15) is 9.90 Å². The summed E-state index contributed by atoms with van der Waals surface area (Å²) in [6.07, 6.45) is -0.688. The lowest BCUT2D eigenvalue weighted by Crippen LogP contribution is -2.26. The zero-order valence-electron chi connectivity index (χ0n) is 19.2. The van der Waals surface area contributed by atoms with Crippen LogP contribution in [-0.2, 0) is 22.6 Å². The Morgan fingerprint density at radius 3 is 2.18 bits per heavy atom. The molecular weight excluding hydrogens is 420 g/mol. The van der Waals surface area contributed by atoms with Crippen molar-refractivity contribution in [2.75, 3.05) is 6.61 Å². The minimum Gasteiger partial charge on any atom is -0.487 e. The van der Waals surface area contributed by atoms with E-state index in [1.165, 1.54) is 0 Å². The molecule has 0 aliphatic heterocycles. The van der Waals surface area contributed by atoms with Crippen LogP contribution in [0.4, 0.5) is 0 Å². The van der Waals surface area contributed by atoms with Gasteiger partial charge in [0, 0.05) is 13.0 Å². The number of carboxylic acids is 1. The molecule has 0 amide bonds. The van der Waals surface area contributed by atoms with E-state index in [1.807, 2.05) is 86.6 Å². The van der Waals surface area contributed by atoms with Gasteiger partial charge in [-0.2, -0.15) is 0 Å². The summed E-state index contributed by atoms with van der Waals surface area (Å²) in [6.45, 7) is 6.33. The first-order valence-corrected chi connectivity index (χ1v) is 11.0. The zero-order chi connectivity index (χ0) is 23.6. The van der Waals surface area contributed by atoms with Gasteiger partial charge in [-0.1, -0.05) is 36.4 Å². The smallest absolute Gasteiger partial charge is 0.333 e. The van der Waals surface area contributed by atoms with Crippen molar-refractivity contribution >= 4 is 5.97 Å². The highest BCUT2D eigenvalue weighted by molar-refractivity contribution is 5.72. The first-order chi connectivity index (χ1) is 15.9. The number of hydrogen-bond acceptors (Lipinski definition) is 5. The van der Waals surface area contributed by atoms with Crippen molar-refractivity contribution in [1.82, 2.24) is 0 Å². The Balaban J connectivity index is 1.70. The topological polar surface area (TPSA) is 74.2 Å². The molecule has 1 N–H and O–H groups in total. The van der Waals surface area contributed by atoms with Crippen LogP contribution >= 0.6 is 0 Å². The molecular formula is C27H30O6. The molecule has 0 saturated heterocycles. The normalized spacial score (nSPS) is 11.8. The summed E-state index contributed by atoms with van der Waals surface area (Å²) in [7, 11) is 0. The summed E-state index contributed by atoms with van der Waals surface area (Å²) < 4.78 is 23.1. The molecule has 33 heavy (non-hydrogen) atoms. The molecule has 0 spiro atoms. The molecule has 0 aliphatic carbocycles. The standard InChI is InChI=1S/C27H30O6/c1-4-30-26(27(28)29)17-21-12-15-24(32-19(2)3)25(16-21)31-18-20-10-13-23(14-11-20)33-22-8-6-5-7-9-22/h5-16,19,26H,4,17-18H2,1-3H3,(H,28,29). The predicted molar refractivity (Wildman–Crippen MR) is 126 cm³/mol. The highest BCUT2D eigenvalue weighted by Gasteiger charge is 2.19. The van der Waals surface area contributed by atoms with Crippen LogP contribution in [0.5, 0.6) is 23.0 Å². The lowest BCUT2D eigenvalue weighted by Gasteiger charge is -2.18. The second-order valence-electron chi connectivity index (χ2n) is 7.78. The van der Waals surface area contributed by atoms with Gasteiger partial charge in [0.05, 0.1) is 6.10 Å². The van der Waals surface area contributed by atoms with E-state index in [0.29, 0.717) is 24.7 Å². The Morgan fingerprint density at radius 2 is 1.55 bits per heavy atom. The van der Waals surface area contributed by atoms with Crippen LogP contribution in [0.25, 0.3) is 0 Å². The lowest BCUT2D eigenvalue weighted by molar-refractivity contribution is -0.149. The van der Waals surface area contributed by atoms with Crippen LogP contribution in [0.1, 0.15) is 31.9 Å². The number of aliphatic carboxylic acids is 1. The maximum atomic E-state index is 11.5. The molecule has 3 aromatic carbocycles. The highest BCUT2D eigenvalue weighted by Crippen LogP contribution is 2.31. The molecule has 1 unspecified atom stereocenters. The van der Waals surface area contributed by atoms with E-state index >= 15 is 0 Å². The van der Waals surface area contributed by atoms with Crippen LogP contribution in [0.15, 0.2) is 72.8 Å². The molecule has 0 saturated carbocycles. The van der Waals surface area contributed by atoms with Crippen molar-refractivity contribution in [2.24, 2.45) is 0 Å². The average molecular weight is 451 g/mol. The number of benzene rings is 3. The maximum absolute atomic E-state index is 11.5. The van der Waals surface area contributed by atoms with Gasteiger partial charge in [-0.05, 0) is 68.3 Å². The van der Waals surface area contributed by atoms with Crippen LogP contribution in [0, 0.1) is 0 Å². The van der Waals surface area contributed by atoms with Gasteiger partial charge in [-0.15, -0.1) is 0 Å². The Morgan fingerprint density at radius 1 is 0.879 bits per heavy atom. The van der Waals surface area contributed by atoms with E-state index < -0.39 is 12.1 Å². The van der Waals surface area contributed by atoms with Gasteiger partial charge >= 0.3 is 5.97 Å². The Hall–Kier alpha value is -3.51. The summed E-state index contributed by atoms with van der Waals surface area (Å²) in [5.74, 6) is 1.71. The molecule has 6 heteroatoms. The fraction of sp³-hybridized carbons (Fsp3) is 0.296.